The number of hydrogen-bond acceptors (Lipinski definition) is 2. The van der Waals surface area contributed by atoms with Crippen molar-refractivity contribution in [3.8, 4) is 0 Å². The molecule has 0 saturated heterocycles. The predicted octanol–water partition coefficient (Wildman–Crippen LogP) is 3.28. The van der Waals surface area contributed by atoms with Crippen LogP contribution < -0.4 is 0 Å². The Morgan fingerprint density at radius 3 is 2.85 bits per heavy atom. The minimum Gasteiger partial charge on any atom is -0.323 e. The molecule has 0 aliphatic rings. The van der Waals surface area contributed by atoms with Gasteiger partial charge in [0.1, 0.15) is 5.82 Å². The molecular formula is C15H17ClN4. The van der Waals surface area contributed by atoms with Crippen LogP contribution in [0.15, 0.2) is 42.7 Å². The number of imidazole rings is 1. The number of fused-ring (bicyclic) bond motifs is 1. The lowest BCUT2D eigenvalue weighted by atomic mass is 10.2. The summed E-state index contributed by atoms with van der Waals surface area (Å²) in [6.07, 6.45) is 4.56. The Bertz CT molecular complexity index is 687. The molecule has 3 rings (SSSR count). The Morgan fingerprint density at radius 1 is 1.25 bits per heavy atom. The summed E-state index contributed by atoms with van der Waals surface area (Å²) in [4.78, 5) is 4.70. The van der Waals surface area contributed by atoms with E-state index in [1.54, 1.807) is 6.20 Å². The van der Waals surface area contributed by atoms with Gasteiger partial charge < -0.3 is 4.57 Å². The molecule has 2 heterocycles. The molecule has 4 nitrogen and oxygen atoms in total. The van der Waals surface area contributed by atoms with Crippen LogP contribution in [0, 0.1) is 0 Å². The van der Waals surface area contributed by atoms with Gasteiger partial charge in [0, 0.05) is 24.7 Å². The second-order valence-electron chi connectivity index (χ2n) is 4.90. The van der Waals surface area contributed by atoms with Crippen LogP contribution in [-0.4, -0.2) is 25.2 Å². The Labute approximate surface area is 123 Å². The number of alkyl halides is 1. The molecule has 104 valence electrons. The average Bonchev–Trinajstić information content (AvgIpc) is 3.05. The average molecular weight is 289 g/mol. The van der Waals surface area contributed by atoms with Crippen LogP contribution in [0.2, 0.25) is 0 Å². The predicted molar refractivity (Wildman–Crippen MR) is 81.1 cm³/mol. The first-order valence-electron chi connectivity index (χ1n) is 6.79. The molecule has 0 saturated carbocycles. The molecule has 3 aromatic rings. The van der Waals surface area contributed by atoms with E-state index in [1.807, 2.05) is 35.1 Å². The van der Waals surface area contributed by atoms with E-state index in [0.717, 1.165) is 29.8 Å². The summed E-state index contributed by atoms with van der Waals surface area (Å²) in [6, 6.07) is 10.4. The van der Waals surface area contributed by atoms with Crippen molar-refractivity contribution >= 4 is 22.6 Å². The van der Waals surface area contributed by atoms with Gasteiger partial charge in [0.25, 0.3) is 0 Å². The van der Waals surface area contributed by atoms with E-state index in [2.05, 4.69) is 22.7 Å². The maximum Gasteiger partial charge on any atom is 0.111 e. The van der Waals surface area contributed by atoms with Crippen LogP contribution >= 0.6 is 11.6 Å². The van der Waals surface area contributed by atoms with Gasteiger partial charge in [-0.1, -0.05) is 12.1 Å². The van der Waals surface area contributed by atoms with Gasteiger partial charge >= 0.3 is 0 Å². The molecule has 2 aromatic heterocycles. The van der Waals surface area contributed by atoms with Gasteiger partial charge in [0.15, 0.2) is 0 Å². The molecule has 0 bridgehead atoms. The normalized spacial score (nSPS) is 12.9. The van der Waals surface area contributed by atoms with Crippen LogP contribution in [0.3, 0.4) is 0 Å². The zero-order chi connectivity index (χ0) is 13.9. The number of benzene rings is 1. The second-order valence-corrected chi connectivity index (χ2v) is 5.28. The van der Waals surface area contributed by atoms with Gasteiger partial charge in [0.05, 0.1) is 23.6 Å². The number of hydrogen-bond donors (Lipinski definition) is 0. The number of halogens is 1. The first-order chi connectivity index (χ1) is 9.79. The lowest BCUT2D eigenvalue weighted by Gasteiger charge is -2.17. The summed E-state index contributed by atoms with van der Waals surface area (Å²) in [5.74, 6) is 1.62. The molecule has 1 atom stereocenters. The zero-order valence-electron chi connectivity index (χ0n) is 11.4. The molecule has 1 unspecified atom stereocenters. The maximum atomic E-state index is 5.91. The van der Waals surface area contributed by atoms with E-state index in [4.69, 9.17) is 16.6 Å². The third kappa shape index (κ3) is 2.43. The standard InChI is InChI=1S/C15H17ClN4/c1-12(11-19-10-4-9-17-19)20-14-6-3-2-5-13(14)18-15(20)7-8-16/h2-6,9-10,12H,7-8,11H2,1H3. The van der Waals surface area contributed by atoms with Gasteiger partial charge in [-0.3, -0.25) is 4.68 Å². The van der Waals surface area contributed by atoms with Crippen LogP contribution in [0.25, 0.3) is 11.0 Å². The topological polar surface area (TPSA) is 35.6 Å². The van der Waals surface area contributed by atoms with Crippen molar-refractivity contribution in [1.29, 1.82) is 0 Å². The number of nitrogens with zero attached hydrogens (tertiary/aromatic N) is 4. The monoisotopic (exact) mass is 288 g/mol. The molecule has 0 aliphatic heterocycles. The first kappa shape index (κ1) is 13.2. The lowest BCUT2D eigenvalue weighted by Crippen LogP contribution is -2.16. The fourth-order valence-corrected chi connectivity index (χ4v) is 2.78. The van der Waals surface area contributed by atoms with Crippen molar-refractivity contribution < 1.29 is 0 Å². The minimum atomic E-state index is 0.278. The molecule has 5 heteroatoms. The molecule has 0 amide bonds. The van der Waals surface area contributed by atoms with Gasteiger partial charge in [-0.15, -0.1) is 11.6 Å². The molecule has 0 radical (unpaired) electrons. The van der Waals surface area contributed by atoms with Gasteiger partial charge in [0.2, 0.25) is 0 Å². The Hall–Kier alpha value is -1.81. The van der Waals surface area contributed by atoms with Gasteiger partial charge in [-0.2, -0.15) is 5.10 Å². The Kier molecular flexibility index (Phi) is 3.74. The van der Waals surface area contributed by atoms with Gasteiger partial charge in [-0.05, 0) is 25.1 Å². The fourth-order valence-electron chi connectivity index (χ4n) is 2.61. The summed E-state index contributed by atoms with van der Waals surface area (Å²) in [7, 11) is 0. The van der Waals surface area contributed by atoms with E-state index >= 15 is 0 Å². The number of para-hydroxylation sites is 2. The van der Waals surface area contributed by atoms with E-state index in [-0.39, 0.29) is 6.04 Å². The molecule has 0 aliphatic carbocycles. The van der Waals surface area contributed by atoms with E-state index in [1.165, 1.54) is 0 Å². The molecule has 0 spiro atoms. The Balaban J connectivity index is 2.01. The van der Waals surface area contributed by atoms with E-state index in [0.29, 0.717) is 5.88 Å². The smallest absolute Gasteiger partial charge is 0.111 e. The van der Waals surface area contributed by atoms with Gasteiger partial charge in [-0.25, -0.2) is 4.98 Å². The van der Waals surface area contributed by atoms with Crippen molar-refractivity contribution in [2.45, 2.75) is 25.9 Å². The third-order valence-electron chi connectivity index (χ3n) is 3.44. The van der Waals surface area contributed by atoms with Crippen molar-refractivity contribution in [2.75, 3.05) is 5.88 Å². The van der Waals surface area contributed by atoms with Crippen molar-refractivity contribution in [3.05, 3.63) is 48.5 Å². The fraction of sp³-hybridized carbons (Fsp3) is 0.333. The largest absolute Gasteiger partial charge is 0.323 e. The number of rotatable bonds is 5. The van der Waals surface area contributed by atoms with Crippen LogP contribution in [0.1, 0.15) is 18.8 Å². The highest BCUT2D eigenvalue weighted by molar-refractivity contribution is 6.17. The summed E-state index contributed by atoms with van der Waals surface area (Å²) in [5.41, 5.74) is 2.19. The van der Waals surface area contributed by atoms with E-state index in [9.17, 15) is 0 Å². The van der Waals surface area contributed by atoms with Crippen molar-refractivity contribution in [2.24, 2.45) is 0 Å². The molecule has 1 aromatic carbocycles. The highest BCUT2D eigenvalue weighted by Crippen LogP contribution is 2.22. The molecule has 0 fully saturated rings. The van der Waals surface area contributed by atoms with Crippen molar-refractivity contribution in [3.63, 3.8) is 0 Å². The lowest BCUT2D eigenvalue weighted by molar-refractivity contribution is 0.435. The summed E-state index contributed by atoms with van der Waals surface area (Å²) < 4.78 is 4.23. The molecule has 20 heavy (non-hydrogen) atoms. The van der Waals surface area contributed by atoms with Crippen LogP contribution in [-0.2, 0) is 13.0 Å². The minimum absolute atomic E-state index is 0.278. The Morgan fingerprint density at radius 2 is 2.10 bits per heavy atom. The SMILES string of the molecule is CC(Cn1cccn1)n1c(CCCl)nc2ccccc21. The number of aromatic nitrogens is 4. The highest BCUT2D eigenvalue weighted by Gasteiger charge is 2.15. The van der Waals surface area contributed by atoms with E-state index < -0.39 is 0 Å². The third-order valence-corrected chi connectivity index (χ3v) is 3.63. The zero-order valence-corrected chi connectivity index (χ0v) is 12.2. The summed E-state index contributed by atoms with van der Waals surface area (Å²) >= 11 is 5.91. The number of aryl methyl sites for hydroxylation is 1. The summed E-state index contributed by atoms with van der Waals surface area (Å²) in [6.45, 7) is 3.01. The maximum absolute atomic E-state index is 5.91. The second kappa shape index (κ2) is 5.67. The van der Waals surface area contributed by atoms with Crippen LogP contribution in [0.4, 0.5) is 0 Å². The molecule has 0 N–H and O–H groups in total. The summed E-state index contributed by atoms with van der Waals surface area (Å²) in [5, 5.41) is 4.28. The highest BCUT2D eigenvalue weighted by atomic mass is 35.5. The first-order valence-corrected chi connectivity index (χ1v) is 7.32. The molecular weight excluding hydrogens is 272 g/mol. The van der Waals surface area contributed by atoms with Crippen molar-refractivity contribution in [1.82, 2.24) is 19.3 Å². The van der Waals surface area contributed by atoms with Crippen LogP contribution in [0.5, 0.6) is 0 Å². The quantitative estimate of drug-likeness (QED) is 0.676.